The van der Waals surface area contributed by atoms with Gasteiger partial charge in [0.05, 0.1) is 0 Å². The zero-order chi connectivity index (χ0) is 29.6. The molecule has 8 nitrogen and oxygen atoms in total. The summed E-state index contributed by atoms with van der Waals surface area (Å²) in [5, 5.41) is 24.2. The molecule has 2 aliphatic rings. The fourth-order valence-electron chi connectivity index (χ4n) is 6.45. The Balaban J connectivity index is 1.59. The molecule has 2 fully saturated rings. The Kier molecular flexibility index (Phi) is 12.3. The van der Waals surface area contributed by atoms with Crippen LogP contribution >= 0.6 is 0 Å². The molecular formula is C31H58N2O6. The van der Waals surface area contributed by atoms with Gasteiger partial charge in [0, 0.05) is 61.2 Å². The number of esters is 2. The van der Waals surface area contributed by atoms with Crippen LogP contribution < -0.4 is 0 Å². The molecule has 2 rings (SSSR count). The predicted molar refractivity (Wildman–Crippen MR) is 152 cm³/mol. The standard InChI is InChI=1S/C31H58N2O6/c1-22(2)26-18-24(19-29(5,6)32(26)36)38-27(34)16-14-12-10-11-13-15-17-28(35)39-25-20-30(7,8)33(37)31(9,21-25)23(3)4/h22-26,36-37H,10-21H2,1-9H3. The number of rotatable bonds is 13. The summed E-state index contributed by atoms with van der Waals surface area (Å²) < 4.78 is 11.6. The third-order valence-corrected chi connectivity index (χ3v) is 9.21. The SMILES string of the molecule is CC(C)C1CC(OC(=O)CCCCCCCCC(=O)OC2CC(C)(C)N(O)C(C)(C(C)C)C2)CC(C)(C)N1O. The van der Waals surface area contributed by atoms with Gasteiger partial charge >= 0.3 is 11.9 Å². The number of unbranched alkanes of at least 4 members (excludes halogenated alkanes) is 5. The fourth-order valence-corrected chi connectivity index (χ4v) is 6.45. The number of ether oxygens (including phenoxy) is 2. The lowest BCUT2D eigenvalue weighted by Crippen LogP contribution is -2.64. The molecule has 2 aliphatic heterocycles. The van der Waals surface area contributed by atoms with Gasteiger partial charge in [-0.3, -0.25) is 9.59 Å². The van der Waals surface area contributed by atoms with Crippen LogP contribution in [0, 0.1) is 11.8 Å². The Hall–Kier alpha value is -1.22. The highest BCUT2D eigenvalue weighted by molar-refractivity contribution is 5.69. The van der Waals surface area contributed by atoms with E-state index in [0.29, 0.717) is 38.5 Å². The van der Waals surface area contributed by atoms with Crippen molar-refractivity contribution in [3.63, 3.8) is 0 Å². The molecular weight excluding hydrogens is 496 g/mol. The molecule has 0 aromatic heterocycles. The highest BCUT2D eigenvalue weighted by Crippen LogP contribution is 2.42. The Morgan fingerprint density at radius 3 is 1.69 bits per heavy atom. The first kappa shape index (κ1) is 34.0. The molecule has 2 saturated heterocycles. The van der Waals surface area contributed by atoms with Crippen molar-refractivity contribution >= 4 is 11.9 Å². The smallest absolute Gasteiger partial charge is 0.306 e. The molecule has 0 saturated carbocycles. The van der Waals surface area contributed by atoms with Crippen molar-refractivity contribution in [1.29, 1.82) is 0 Å². The third kappa shape index (κ3) is 9.40. The Morgan fingerprint density at radius 1 is 0.744 bits per heavy atom. The van der Waals surface area contributed by atoms with Crippen molar-refractivity contribution in [2.75, 3.05) is 0 Å². The van der Waals surface area contributed by atoms with Crippen LogP contribution in [0.1, 0.15) is 139 Å². The van der Waals surface area contributed by atoms with Crippen LogP contribution in [-0.4, -0.2) is 67.3 Å². The Bertz CT molecular complexity index is 798. The van der Waals surface area contributed by atoms with Crippen LogP contribution in [0.25, 0.3) is 0 Å². The van der Waals surface area contributed by atoms with E-state index in [-0.39, 0.29) is 42.0 Å². The van der Waals surface area contributed by atoms with Gasteiger partial charge < -0.3 is 19.9 Å². The first-order chi connectivity index (χ1) is 18.0. The molecule has 0 amide bonds. The molecule has 4 unspecified atom stereocenters. The first-order valence-electron chi connectivity index (χ1n) is 15.4. The summed E-state index contributed by atoms with van der Waals surface area (Å²) in [7, 11) is 0. The minimum Gasteiger partial charge on any atom is -0.462 e. The van der Waals surface area contributed by atoms with E-state index in [1.165, 1.54) is 10.1 Å². The van der Waals surface area contributed by atoms with Crippen LogP contribution in [0.2, 0.25) is 0 Å². The molecule has 2 heterocycles. The monoisotopic (exact) mass is 554 g/mol. The van der Waals surface area contributed by atoms with Gasteiger partial charge in [0.2, 0.25) is 0 Å². The zero-order valence-corrected chi connectivity index (χ0v) is 26.3. The van der Waals surface area contributed by atoms with Gasteiger partial charge in [-0.1, -0.05) is 53.4 Å². The number of hydroxylamine groups is 4. The zero-order valence-electron chi connectivity index (χ0n) is 26.3. The van der Waals surface area contributed by atoms with Crippen molar-refractivity contribution in [3.05, 3.63) is 0 Å². The average Bonchev–Trinajstić information content (AvgIpc) is 2.80. The van der Waals surface area contributed by atoms with Crippen LogP contribution in [0.4, 0.5) is 0 Å². The lowest BCUT2D eigenvalue weighted by molar-refractivity contribution is -0.275. The van der Waals surface area contributed by atoms with Crippen LogP contribution in [-0.2, 0) is 19.1 Å². The summed E-state index contributed by atoms with van der Waals surface area (Å²) in [6.45, 7) is 18.4. The minimum absolute atomic E-state index is 0.00974. The number of nitrogens with zero attached hydrogens (tertiary/aromatic N) is 2. The second-order valence-corrected chi connectivity index (χ2v) is 14.3. The molecule has 2 N–H and O–H groups in total. The van der Waals surface area contributed by atoms with E-state index in [1.807, 2.05) is 34.6 Å². The van der Waals surface area contributed by atoms with E-state index >= 15 is 0 Å². The number of piperidine rings is 2. The highest BCUT2D eigenvalue weighted by atomic mass is 16.6. The van der Waals surface area contributed by atoms with Gasteiger partial charge in [-0.15, -0.1) is 0 Å². The number of carbonyl (C=O) groups excluding carboxylic acids is 2. The lowest BCUT2D eigenvalue weighted by atomic mass is 9.73. The maximum absolute atomic E-state index is 12.5. The summed E-state index contributed by atoms with van der Waals surface area (Å²) in [6.07, 6.45) is 8.70. The topological polar surface area (TPSA) is 99.5 Å². The molecule has 0 aromatic carbocycles. The number of carbonyl (C=O) groups is 2. The number of hydrogen-bond donors (Lipinski definition) is 2. The Morgan fingerprint density at radius 2 is 1.21 bits per heavy atom. The Labute approximate surface area is 237 Å². The lowest BCUT2D eigenvalue weighted by Gasteiger charge is -2.54. The first-order valence-corrected chi connectivity index (χ1v) is 15.4. The fraction of sp³-hybridized carbons (Fsp3) is 0.935. The van der Waals surface area contributed by atoms with Gasteiger partial charge in [0.1, 0.15) is 12.2 Å². The molecule has 39 heavy (non-hydrogen) atoms. The molecule has 0 spiro atoms. The van der Waals surface area contributed by atoms with Crippen LogP contribution in [0.5, 0.6) is 0 Å². The summed E-state index contributed by atoms with van der Waals surface area (Å²) in [4.78, 5) is 24.9. The van der Waals surface area contributed by atoms with Crippen molar-refractivity contribution in [3.8, 4) is 0 Å². The quantitative estimate of drug-likeness (QED) is 0.187. The second-order valence-electron chi connectivity index (χ2n) is 14.3. The van der Waals surface area contributed by atoms with Crippen molar-refractivity contribution < 1.29 is 29.5 Å². The van der Waals surface area contributed by atoms with E-state index < -0.39 is 16.6 Å². The van der Waals surface area contributed by atoms with Crippen molar-refractivity contribution in [2.24, 2.45) is 11.8 Å². The average molecular weight is 555 g/mol. The predicted octanol–water partition coefficient (Wildman–Crippen LogP) is 6.90. The molecule has 0 radical (unpaired) electrons. The highest BCUT2D eigenvalue weighted by Gasteiger charge is 2.50. The maximum atomic E-state index is 12.5. The largest absolute Gasteiger partial charge is 0.462 e. The summed E-state index contributed by atoms with van der Waals surface area (Å²) in [6, 6.07) is -0.00974. The van der Waals surface area contributed by atoms with Crippen molar-refractivity contribution in [1.82, 2.24) is 10.1 Å². The van der Waals surface area contributed by atoms with Gasteiger partial charge in [0.25, 0.3) is 0 Å². The van der Waals surface area contributed by atoms with Gasteiger partial charge in [0.15, 0.2) is 0 Å². The molecule has 0 aromatic rings. The van der Waals surface area contributed by atoms with E-state index in [4.69, 9.17) is 9.47 Å². The second kappa shape index (κ2) is 14.1. The van der Waals surface area contributed by atoms with E-state index in [2.05, 4.69) is 27.7 Å². The number of hydrogen-bond acceptors (Lipinski definition) is 8. The molecule has 8 heteroatoms. The third-order valence-electron chi connectivity index (χ3n) is 9.21. The minimum atomic E-state index is -0.446. The van der Waals surface area contributed by atoms with Gasteiger partial charge in [-0.25, -0.2) is 0 Å². The molecule has 0 aliphatic carbocycles. The molecule has 0 bridgehead atoms. The molecule has 228 valence electrons. The van der Waals surface area contributed by atoms with Gasteiger partial charge in [-0.2, -0.15) is 10.1 Å². The van der Waals surface area contributed by atoms with E-state index in [0.717, 1.165) is 38.5 Å². The maximum Gasteiger partial charge on any atom is 0.306 e. The summed E-state index contributed by atoms with van der Waals surface area (Å²) in [5.41, 5.74) is -1.28. The van der Waals surface area contributed by atoms with Crippen molar-refractivity contribution in [2.45, 2.75) is 174 Å². The van der Waals surface area contributed by atoms with Crippen LogP contribution in [0.3, 0.4) is 0 Å². The van der Waals surface area contributed by atoms with Gasteiger partial charge in [-0.05, 0) is 59.3 Å². The summed E-state index contributed by atoms with van der Waals surface area (Å²) in [5.74, 6) is 0.223. The van der Waals surface area contributed by atoms with E-state index in [1.54, 1.807) is 0 Å². The molecule has 4 atom stereocenters. The van der Waals surface area contributed by atoms with Crippen LogP contribution in [0.15, 0.2) is 0 Å². The summed E-state index contributed by atoms with van der Waals surface area (Å²) >= 11 is 0. The normalized spacial score (nSPS) is 29.5. The van der Waals surface area contributed by atoms with E-state index in [9.17, 15) is 20.0 Å².